The second-order valence-corrected chi connectivity index (χ2v) is 5.43. The quantitative estimate of drug-likeness (QED) is 0.883. The van der Waals surface area contributed by atoms with Crippen LogP contribution in [0.1, 0.15) is 16.5 Å². The number of hydrogen-bond donors (Lipinski definition) is 1. The van der Waals surface area contributed by atoms with Gasteiger partial charge in [0, 0.05) is 19.8 Å². The van der Waals surface area contributed by atoms with Gasteiger partial charge in [0.2, 0.25) is 0 Å². The summed E-state index contributed by atoms with van der Waals surface area (Å²) in [6.07, 6.45) is 0. The van der Waals surface area contributed by atoms with Crippen molar-refractivity contribution in [1.29, 1.82) is 0 Å². The molecule has 0 radical (unpaired) electrons. The Balaban J connectivity index is 2.36. The normalized spacial score (nSPS) is 12.7. The fraction of sp³-hybridized carbons (Fsp3) is 0.0909. The van der Waals surface area contributed by atoms with Crippen LogP contribution in [0.2, 0.25) is 5.02 Å². The fourth-order valence-corrected chi connectivity index (χ4v) is 3.09. The number of benzene rings is 1. The summed E-state index contributed by atoms with van der Waals surface area (Å²) in [6, 6.07) is 9.56. The molecule has 0 amide bonds. The SMILES string of the molecule is NC(c1cc(Br)cs1)c1ccccc1Cl. The number of hydrogen-bond acceptors (Lipinski definition) is 2. The van der Waals surface area contributed by atoms with Gasteiger partial charge in [0.25, 0.3) is 0 Å². The average molecular weight is 303 g/mol. The molecule has 0 aliphatic heterocycles. The highest BCUT2D eigenvalue weighted by molar-refractivity contribution is 9.10. The zero-order valence-corrected chi connectivity index (χ0v) is 10.9. The van der Waals surface area contributed by atoms with Crippen molar-refractivity contribution >= 4 is 38.9 Å². The molecule has 4 heteroatoms. The Labute approximate surface area is 106 Å². The first-order valence-electron chi connectivity index (χ1n) is 4.42. The van der Waals surface area contributed by atoms with Crippen LogP contribution in [0.5, 0.6) is 0 Å². The van der Waals surface area contributed by atoms with E-state index in [9.17, 15) is 0 Å². The minimum Gasteiger partial charge on any atom is -0.320 e. The first-order valence-corrected chi connectivity index (χ1v) is 6.47. The maximum Gasteiger partial charge on any atom is 0.0661 e. The van der Waals surface area contributed by atoms with E-state index in [0.717, 1.165) is 19.9 Å². The van der Waals surface area contributed by atoms with Gasteiger partial charge < -0.3 is 5.73 Å². The molecule has 0 bridgehead atoms. The molecular formula is C11H9BrClNS. The second kappa shape index (κ2) is 4.66. The van der Waals surface area contributed by atoms with Crippen molar-refractivity contribution in [2.24, 2.45) is 5.73 Å². The van der Waals surface area contributed by atoms with Crippen LogP contribution in [0, 0.1) is 0 Å². The summed E-state index contributed by atoms with van der Waals surface area (Å²) >= 11 is 11.1. The van der Waals surface area contributed by atoms with Crippen LogP contribution >= 0.6 is 38.9 Å². The van der Waals surface area contributed by atoms with Crippen molar-refractivity contribution < 1.29 is 0 Å². The molecule has 2 N–H and O–H groups in total. The van der Waals surface area contributed by atoms with Gasteiger partial charge in [-0.15, -0.1) is 11.3 Å². The third-order valence-electron chi connectivity index (χ3n) is 2.13. The summed E-state index contributed by atoms with van der Waals surface area (Å²) in [5.74, 6) is 0. The van der Waals surface area contributed by atoms with Crippen molar-refractivity contribution in [3.63, 3.8) is 0 Å². The number of rotatable bonds is 2. The summed E-state index contributed by atoms with van der Waals surface area (Å²) < 4.78 is 1.06. The van der Waals surface area contributed by atoms with E-state index in [1.54, 1.807) is 11.3 Å². The van der Waals surface area contributed by atoms with Gasteiger partial charge in [-0.3, -0.25) is 0 Å². The van der Waals surface area contributed by atoms with E-state index in [-0.39, 0.29) is 6.04 Å². The molecule has 2 aromatic rings. The molecule has 0 aliphatic rings. The third-order valence-corrected chi connectivity index (χ3v) is 4.26. The highest BCUT2D eigenvalue weighted by Gasteiger charge is 2.13. The van der Waals surface area contributed by atoms with Crippen molar-refractivity contribution in [2.45, 2.75) is 6.04 Å². The van der Waals surface area contributed by atoms with Gasteiger partial charge in [-0.05, 0) is 33.6 Å². The van der Waals surface area contributed by atoms with Gasteiger partial charge in [0.15, 0.2) is 0 Å². The third kappa shape index (κ3) is 2.42. The van der Waals surface area contributed by atoms with Crippen molar-refractivity contribution in [3.05, 3.63) is 55.6 Å². The van der Waals surface area contributed by atoms with Crippen LogP contribution in [0.4, 0.5) is 0 Å². The topological polar surface area (TPSA) is 26.0 Å². The first kappa shape index (κ1) is 11.1. The van der Waals surface area contributed by atoms with E-state index in [1.807, 2.05) is 35.7 Å². The minimum atomic E-state index is -0.144. The van der Waals surface area contributed by atoms with Gasteiger partial charge >= 0.3 is 0 Å². The smallest absolute Gasteiger partial charge is 0.0661 e. The highest BCUT2D eigenvalue weighted by Crippen LogP contribution is 2.31. The average Bonchev–Trinajstić information content (AvgIpc) is 2.65. The number of halogens is 2. The van der Waals surface area contributed by atoms with Crippen molar-refractivity contribution in [3.8, 4) is 0 Å². The molecule has 0 saturated heterocycles. The molecule has 15 heavy (non-hydrogen) atoms. The zero-order chi connectivity index (χ0) is 10.8. The predicted octanol–water partition coefficient (Wildman–Crippen LogP) is 4.21. The molecule has 1 nitrogen and oxygen atoms in total. The number of thiophene rings is 1. The van der Waals surface area contributed by atoms with Crippen LogP contribution in [0.25, 0.3) is 0 Å². The van der Waals surface area contributed by atoms with Crippen LogP contribution < -0.4 is 5.73 Å². The Morgan fingerprint density at radius 1 is 1.33 bits per heavy atom. The zero-order valence-electron chi connectivity index (χ0n) is 7.78. The molecule has 1 unspecified atom stereocenters. The lowest BCUT2D eigenvalue weighted by molar-refractivity contribution is 0.893. The van der Waals surface area contributed by atoms with E-state index < -0.39 is 0 Å². The van der Waals surface area contributed by atoms with Crippen molar-refractivity contribution in [2.75, 3.05) is 0 Å². The maximum absolute atomic E-state index is 6.14. The maximum atomic E-state index is 6.14. The summed E-state index contributed by atoms with van der Waals surface area (Å²) in [7, 11) is 0. The lowest BCUT2D eigenvalue weighted by Gasteiger charge is -2.11. The molecule has 1 aromatic heterocycles. The molecule has 0 spiro atoms. The van der Waals surface area contributed by atoms with Gasteiger partial charge in [0.1, 0.15) is 0 Å². The van der Waals surface area contributed by atoms with Crippen LogP contribution in [-0.2, 0) is 0 Å². The Morgan fingerprint density at radius 2 is 2.07 bits per heavy atom. The lowest BCUT2D eigenvalue weighted by atomic mass is 10.1. The largest absolute Gasteiger partial charge is 0.320 e. The summed E-state index contributed by atoms with van der Waals surface area (Å²) in [6.45, 7) is 0. The summed E-state index contributed by atoms with van der Waals surface area (Å²) in [5.41, 5.74) is 7.10. The van der Waals surface area contributed by atoms with Gasteiger partial charge in [-0.2, -0.15) is 0 Å². The molecule has 1 heterocycles. The summed E-state index contributed by atoms with van der Waals surface area (Å²) in [4.78, 5) is 1.11. The highest BCUT2D eigenvalue weighted by atomic mass is 79.9. The predicted molar refractivity (Wildman–Crippen MR) is 69.5 cm³/mol. The second-order valence-electron chi connectivity index (χ2n) is 3.17. The molecule has 1 atom stereocenters. The van der Waals surface area contributed by atoms with Gasteiger partial charge in [-0.1, -0.05) is 29.8 Å². The fourth-order valence-electron chi connectivity index (χ4n) is 1.37. The molecule has 1 aromatic carbocycles. The minimum absolute atomic E-state index is 0.144. The van der Waals surface area contributed by atoms with E-state index in [0.29, 0.717) is 0 Å². The Bertz CT molecular complexity index is 469. The molecule has 78 valence electrons. The Hall–Kier alpha value is -0.350. The Morgan fingerprint density at radius 3 is 2.67 bits per heavy atom. The van der Waals surface area contributed by atoms with Gasteiger partial charge in [-0.25, -0.2) is 0 Å². The molecule has 2 rings (SSSR count). The molecular weight excluding hydrogens is 294 g/mol. The first-order chi connectivity index (χ1) is 7.18. The van der Waals surface area contributed by atoms with E-state index in [1.165, 1.54) is 0 Å². The van der Waals surface area contributed by atoms with E-state index in [4.69, 9.17) is 17.3 Å². The van der Waals surface area contributed by atoms with Crippen LogP contribution in [0.3, 0.4) is 0 Å². The molecule has 0 saturated carbocycles. The van der Waals surface area contributed by atoms with Crippen molar-refractivity contribution in [1.82, 2.24) is 0 Å². The monoisotopic (exact) mass is 301 g/mol. The lowest BCUT2D eigenvalue weighted by Crippen LogP contribution is -2.10. The summed E-state index contributed by atoms with van der Waals surface area (Å²) in [5, 5.41) is 2.74. The van der Waals surface area contributed by atoms with Crippen LogP contribution in [-0.4, -0.2) is 0 Å². The van der Waals surface area contributed by atoms with Gasteiger partial charge in [0.05, 0.1) is 6.04 Å². The van der Waals surface area contributed by atoms with Crippen LogP contribution in [0.15, 0.2) is 40.2 Å². The van der Waals surface area contributed by atoms with E-state index in [2.05, 4.69) is 15.9 Å². The Kier molecular flexibility index (Phi) is 3.46. The molecule has 0 aliphatic carbocycles. The standard InChI is InChI=1S/C11H9BrClNS/c12-7-5-10(15-6-7)11(14)8-3-1-2-4-9(8)13/h1-6,11H,14H2. The number of nitrogens with two attached hydrogens (primary N) is 1. The van der Waals surface area contributed by atoms with E-state index >= 15 is 0 Å². The molecule has 0 fully saturated rings.